The molecule has 4 rings (SSSR count). The summed E-state index contributed by atoms with van der Waals surface area (Å²) in [4.78, 5) is 13.0. The fourth-order valence-corrected chi connectivity index (χ4v) is 3.22. The average Bonchev–Trinajstić information content (AvgIpc) is 3.21. The van der Waals surface area contributed by atoms with Crippen molar-refractivity contribution in [2.24, 2.45) is 0 Å². The molecule has 1 N–H and O–H groups in total. The summed E-state index contributed by atoms with van der Waals surface area (Å²) in [5, 5.41) is 7.84. The lowest BCUT2D eigenvalue weighted by atomic mass is 10.1. The molecule has 4 aromatic rings. The van der Waals surface area contributed by atoms with Crippen molar-refractivity contribution >= 4 is 23.2 Å². The standard InChI is InChI=1S/C23H17ClFN3O2/c1-30-18-6-4-5-15(13-18)20-14-22(23(29)26-17-11-9-16(25)10-12-17)28(27-20)21-8-3-2-7-19(21)24/h2-14H,1H3,(H,26,29). The van der Waals surface area contributed by atoms with Crippen molar-refractivity contribution in [2.45, 2.75) is 0 Å². The first-order valence-corrected chi connectivity index (χ1v) is 9.49. The Morgan fingerprint density at radius 1 is 1.03 bits per heavy atom. The quantitative estimate of drug-likeness (QED) is 0.456. The molecule has 0 fully saturated rings. The maximum Gasteiger partial charge on any atom is 0.274 e. The molecule has 0 atom stereocenters. The highest BCUT2D eigenvalue weighted by Gasteiger charge is 2.19. The molecule has 0 bridgehead atoms. The molecule has 1 heterocycles. The third-order valence-electron chi connectivity index (χ3n) is 4.49. The van der Waals surface area contributed by atoms with E-state index in [1.807, 2.05) is 30.3 Å². The van der Waals surface area contributed by atoms with Gasteiger partial charge < -0.3 is 10.1 Å². The number of amides is 1. The number of carbonyl (C=O) groups is 1. The van der Waals surface area contributed by atoms with Crippen molar-refractivity contribution in [3.63, 3.8) is 0 Å². The second kappa shape index (κ2) is 8.39. The van der Waals surface area contributed by atoms with Crippen LogP contribution in [-0.2, 0) is 0 Å². The van der Waals surface area contributed by atoms with E-state index in [0.29, 0.717) is 27.8 Å². The van der Waals surface area contributed by atoms with Crippen molar-refractivity contribution in [1.29, 1.82) is 0 Å². The number of methoxy groups -OCH3 is 1. The second-order valence-electron chi connectivity index (χ2n) is 6.47. The van der Waals surface area contributed by atoms with Crippen molar-refractivity contribution in [1.82, 2.24) is 9.78 Å². The lowest BCUT2D eigenvalue weighted by molar-refractivity contribution is 0.101. The van der Waals surface area contributed by atoms with Crippen molar-refractivity contribution in [3.8, 4) is 22.7 Å². The van der Waals surface area contributed by atoms with Gasteiger partial charge in [0.25, 0.3) is 5.91 Å². The van der Waals surface area contributed by atoms with Crippen LogP contribution in [0.3, 0.4) is 0 Å². The third kappa shape index (κ3) is 4.04. The molecular weight excluding hydrogens is 405 g/mol. The minimum Gasteiger partial charge on any atom is -0.497 e. The van der Waals surface area contributed by atoms with Crippen LogP contribution in [0.5, 0.6) is 5.75 Å². The second-order valence-corrected chi connectivity index (χ2v) is 6.88. The fourth-order valence-electron chi connectivity index (χ4n) is 3.00. The van der Waals surface area contributed by atoms with Gasteiger partial charge in [-0.1, -0.05) is 35.9 Å². The van der Waals surface area contributed by atoms with Gasteiger partial charge in [0.05, 0.1) is 23.5 Å². The maximum absolute atomic E-state index is 13.2. The van der Waals surface area contributed by atoms with Crippen molar-refractivity contribution < 1.29 is 13.9 Å². The van der Waals surface area contributed by atoms with Crippen LogP contribution in [-0.4, -0.2) is 22.8 Å². The number of anilines is 1. The Balaban J connectivity index is 1.79. The molecule has 3 aromatic carbocycles. The third-order valence-corrected chi connectivity index (χ3v) is 4.81. The zero-order chi connectivity index (χ0) is 21.1. The van der Waals surface area contributed by atoms with Gasteiger partial charge in [0.15, 0.2) is 0 Å². The molecule has 1 aromatic heterocycles. The Morgan fingerprint density at radius 2 is 1.80 bits per heavy atom. The number of nitrogens with one attached hydrogen (secondary N) is 1. The van der Waals surface area contributed by atoms with Crippen LogP contribution in [0.1, 0.15) is 10.5 Å². The molecule has 0 radical (unpaired) electrons. The number of nitrogens with zero attached hydrogens (tertiary/aromatic N) is 2. The molecule has 150 valence electrons. The smallest absolute Gasteiger partial charge is 0.274 e. The number of hydrogen-bond acceptors (Lipinski definition) is 3. The maximum atomic E-state index is 13.2. The lowest BCUT2D eigenvalue weighted by Crippen LogP contribution is -2.17. The van der Waals surface area contributed by atoms with Crippen LogP contribution < -0.4 is 10.1 Å². The van der Waals surface area contributed by atoms with Crippen LogP contribution in [0, 0.1) is 5.82 Å². The summed E-state index contributed by atoms with van der Waals surface area (Å²) in [6.45, 7) is 0. The van der Waals surface area contributed by atoms with Crippen LogP contribution in [0.4, 0.5) is 10.1 Å². The van der Waals surface area contributed by atoms with Gasteiger partial charge in [0, 0.05) is 11.3 Å². The number of carbonyl (C=O) groups excluding carboxylic acids is 1. The highest BCUT2D eigenvalue weighted by atomic mass is 35.5. The van der Waals surface area contributed by atoms with E-state index in [1.165, 1.54) is 28.9 Å². The normalized spacial score (nSPS) is 10.6. The van der Waals surface area contributed by atoms with E-state index in [9.17, 15) is 9.18 Å². The molecule has 0 spiro atoms. The molecule has 0 aliphatic heterocycles. The predicted molar refractivity (Wildman–Crippen MR) is 115 cm³/mol. The van der Waals surface area contributed by atoms with E-state index in [1.54, 1.807) is 31.4 Å². The molecule has 1 amide bonds. The number of para-hydroxylation sites is 1. The summed E-state index contributed by atoms with van der Waals surface area (Å²) in [6.07, 6.45) is 0. The number of rotatable bonds is 5. The number of hydrogen-bond donors (Lipinski definition) is 1. The van der Waals surface area contributed by atoms with Crippen molar-refractivity contribution in [2.75, 3.05) is 12.4 Å². The molecule has 30 heavy (non-hydrogen) atoms. The number of aromatic nitrogens is 2. The summed E-state index contributed by atoms with van der Waals surface area (Å²) in [5.74, 6) is -0.102. The van der Waals surface area contributed by atoms with Gasteiger partial charge in [0.2, 0.25) is 0 Å². The zero-order valence-electron chi connectivity index (χ0n) is 16.0. The molecule has 5 nitrogen and oxygen atoms in total. The Bertz CT molecular complexity index is 1210. The van der Waals surface area contributed by atoms with E-state index in [2.05, 4.69) is 10.4 Å². The highest BCUT2D eigenvalue weighted by molar-refractivity contribution is 6.32. The van der Waals surface area contributed by atoms with Gasteiger partial charge in [-0.05, 0) is 54.6 Å². The average molecular weight is 422 g/mol. The van der Waals surface area contributed by atoms with Crippen LogP contribution in [0.15, 0.2) is 78.9 Å². The fraction of sp³-hybridized carbons (Fsp3) is 0.0435. The van der Waals surface area contributed by atoms with Crippen LogP contribution in [0.25, 0.3) is 16.9 Å². The predicted octanol–water partition coefficient (Wildman–Crippen LogP) is 5.59. The number of halogens is 2. The van der Waals surface area contributed by atoms with Gasteiger partial charge in [-0.25, -0.2) is 9.07 Å². The molecule has 0 aliphatic carbocycles. The lowest BCUT2D eigenvalue weighted by Gasteiger charge is -2.09. The minimum absolute atomic E-state index is 0.283. The van der Waals surface area contributed by atoms with Gasteiger partial charge in [-0.2, -0.15) is 5.10 Å². The SMILES string of the molecule is COc1cccc(-c2cc(C(=O)Nc3ccc(F)cc3)n(-c3ccccc3Cl)n2)c1. The van der Waals surface area contributed by atoms with Crippen molar-refractivity contribution in [3.05, 3.63) is 95.4 Å². The topological polar surface area (TPSA) is 56.1 Å². The van der Waals surface area contributed by atoms with E-state index in [4.69, 9.17) is 16.3 Å². The summed E-state index contributed by atoms with van der Waals surface area (Å²) in [6, 6.07) is 21.7. The first-order valence-electron chi connectivity index (χ1n) is 9.11. The Labute approximate surface area is 177 Å². The monoisotopic (exact) mass is 421 g/mol. The van der Waals surface area contributed by atoms with E-state index in [-0.39, 0.29) is 11.5 Å². The summed E-state index contributed by atoms with van der Waals surface area (Å²) >= 11 is 6.36. The van der Waals surface area contributed by atoms with E-state index < -0.39 is 5.91 Å². The molecule has 0 saturated heterocycles. The summed E-state index contributed by atoms with van der Waals surface area (Å²) < 4.78 is 20.0. The van der Waals surface area contributed by atoms with Crippen LogP contribution in [0.2, 0.25) is 5.02 Å². The Hall–Kier alpha value is -3.64. The Kier molecular flexibility index (Phi) is 5.50. The molecule has 7 heteroatoms. The molecule has 0 aliphatic rings. The van der Waals surface area contributed by atoms with Crippen LogP contribution >= 0.6 is 11.6 Å². The first kappa shape index (κ1) is 19.7. The largest absolute Gasteiger partial charge is 0.497 e. The van der Waals surface area contributed by atoms with E-state index >= 15 is 0 Å². The minimum atomic E-state index is -0.400. The number of ether oxygens (including phenoxy) is 1. The molecule has 0 saturated carbocycles. The molecule has 0 unspecified atom stereocenters. The summed E-state index contributed by atoms with van der Waals surface area (Å²) in [7, 11) is 1.59. The molecular formula is C23H17ClFN3O2. The highest BCUT2D eigenvalue weighted by Crippen LogP contribution is 2.28. The van der Waals surface area contributed by atoms with E-state index in [0.717, 1.165) is 5.56 Å². The van der Waals surface area contributed by atoms with Gasteiger partial charge in [-0.3, -0.25) is 4.79 Å². The van der Waals surface area contributed by atoms with Gasteiger partial charge >= 0.3 is 0 Å². The zero-order valence-corrected chi connectivity index (χ0v) is 16.7. The first-order chi connectivity index (χ1) is 14.5. The number of benzene rings is 3. The van der Waals surface area contributed by atoms with Gasteiger partial charge in [0.1, 0.15) is 17.3 Å². The van der Waals surface area contributed by atoms with Gasteiger partial charge in [-0.15, -0.1) is 0 Å². The Morgan fingerprint density at radius 3 is 2.53 bits per heavy atom. The summed E-state index contributed by atoms with van der Waals surface area (Å²) in [5.41, 5.74) is 2.69.